The van der Waals surface area contributed by atoms with E-state index in [4.69, 9.17) is 17.3 Å². The zero-order chi connectivity index (χ0) is 12.3. The van der Waals surface area contributed by atoms with Crippen LogP contribution in [-0.4, -0.2) is 15.9 Å². The van der Waals surface area contributed by atoms with Crippen LogP contribution in [0.15, 0.2) is 29.9 Å². The van der Waals surface area contributed by atoms with Gasteiger partial charge >= 0.3 is 0 Å². The minimum Gasteiger partial charge on any atom is -0.316 e. The summed E-state index contributed by atoms with van der Waals surface area (Å²) in [5, 5.41) is 4.71. The predicted octanol–water partition coefficient (Wildman–Crippen LogP) is 1.83. The number of nitrogens with one attached hydrogen (secondary N) is 1. The van der Waals surface area contributed by atoms with E-state index in [1.54, 1.807) is 0 Å². The molecule has 0 saturated heterocycles. The van der Waals surface area contributed by atoms with Crippen LogP contribution in [0.2, 0.25) is 5.15 Å². The van der Waals surface area contributed by atoms with Crippen LogP contribution in [0.25, 0.3) is 0 Å². The van der Waals surface area contributed by atoms with Gasteiger partial charge in [0.25, 0.3) is 0 Å². The minimum absolute atomic E-state index is 0.264. The van der Waals surface area contributed by atoms with E-state index in [2.05, 4.69) is 15.3 Å². The highest BCUT2D eigenvalue weighted by molar-refractivity contribution is 7.10. The van der Waals surface area contributed by atoms with Crippen molar-refractivity contribution in [2.75, 3.05) is 5.32 Å². The maximum absolute atomic E-state index is 11.8. The highest BCUT2D eigenvalue weighted by atomic mass is 35.5. The Bertz CT molecular complexity index is 517. The maximum atomic E-state index is 11.8. The molecule has 3 N–H and O–H groups in total. The van der Waals surface area contributed by atoms with Crippen molar-refractivity contribution in [3.63, 3.8) is 0 Å². The molecule has 88 valence electrons. The Kier molecular flexibility index (Phi) is 3.68. The molecule has 2 aromatic rings. The molecule has 2 aromatic heterocycles. The normalized spacial score (nSPS) is 12.1. The van der Waals surface area contributed by atoms with Crippen LogP contribution >= 0.6 is 22.9 Å². The molecule has 7 heteroatoms. The molecule has 0 saturated carbocycles. The third-order valence-corrected chi connectivity index (χ3v) is 3.18. The fourth-order valence-electron chi connectivity index (χ4n) is 1.20. The van der Waals surface area contributed by atoms with E-state index < -0.39 is 6.04 Å². The molecule has 17 heavy (non-hydrogen) atoms. The molecule has 0 aliphatic carbocycles. The fraction of sp³-hybridized carbons (Fsp3) is 0.100. The van der Waals surface area contributed by atoms with Gasteiger partial charge in [-0.15, -0.1) is 11.3 Å². The van der Waals surface area contributed by atoms with Crippen molar-refractivity contribution in [2.45, 2.75) is 6.04 Å². The van der Waals surface area contributed by atoms with Crippen LogP contribution in [0.5, 0.6) is 0 Å². The van der Waals surface area contributed by atoms with Gasteiger partial charge in [0.05, 0.1) is 0 Å². The molecule has 1 atom stereocenters. The number of carbonyl (C=O) groups excluding carboxylic acids is 1. The molecular formula is C10H9ClN4OS. The van der Waals surface area contributed by atoms with Gasteiger partial charge in [-0.1, -0.05) is 17.7 Å². The van der Waals surface area contributed by atoms with E-state index in [-0.39, 0.29) is 11.1 Å². The summed E-state index contributed by atoms with van der Waals surface area (Å²) in [4.78, 5) is 20.2. The second-order valence-corrected chi connectivity index (χ2v) is 4.57. The lowest BCUT2D eigenvalue weighted by Crippen LogP contribution is -2.27. The molecule has 0 spiro atoms. The monoisotopic (exact) mass is 268 g/mol. The third-order valence-electron chi connectivity index (χ3n) is 2.02. The first-order chi connectivity index (χ1) is 8.16. The number of aromatic nitrogens is 2. The van der Waals surface area contributed by atoms with Gasteiger partial charge in [-0.2, -0.15) is 0 Å². The van der Waals surface area contributed by atoms with Gasteiger partial charge < -0.3 is 11.1 Å². The van der Waals surface area contributed by atoms with Gasteiger partial charge in [0, 0.05) is 10.9 Å². The fourth-order valence-corrected chi connectivity index (χ4v) is 2.08. The van der Waals surface area contributed by atoms with Crippen LogP contribution in [0.3, 0.4) is 0 Å². The molecule has 0 bridgehead atoms. The van der Waals surface area contributed by atoms with Crippen molar-refractivity contribution in [1.29, 1.82) is 0 Å². The molecule has 2 rings (SSSR count). The molecule has 0 aliphatic rings. The largest absolute Gasteiger partial charge is 0.316 e. The van der Waals surface area contributed by atoms with Crippen LogP contribution in [-0.2, 0) is 4.79 Å². The average Bonchev–Trinajstić information content (AvgIpc) is 2.81. The molecule has 0 radical (unpaired) electrons. The molecule has 5 nitrogen and oxygen atoms in total. The number of nitrogens with two attached hydrogens (primary N) is 1. The summed E-state index contributed by atoms with van der Waals surface area (Å²) in [5.74, 6) is 0.00391. The van der Waals surface area contributed by atoms with Gasteiger partial charge in [0.15, 0.2) is 0 Å². The Labute approximate surface area is 107 Å². The van der Waals surface area contributed by atoms with E-state index in [0.29, 0.717) is 5.82 Å². The van der Waals surface area contributed by atoms with Gasteiger partial charge in [-0.25, -0.2) is 9.97 Å². The molecule has 1 unspecified atom stereocenters. The highest BCUT2D eigenvalue weighted by Crippen LogP contribution is 2.18. The van der Waals surface area contributed by atoms with Crippen molar-refractivity contribution in [3.05, 3.63) is 39.9 Å². The van der Waals surface area contributed by atoms with E-state index in [0.717, 1.165) is 4.88 Å². The average molecular weight is 269 g/mol. The highest BCUT2D eigenvalue weighted by Gasteiger charge is 2.17. The lowest BCUT2D eigenvalue weighted by Gasteiger charge is -2.09. The Hall–Kier alpha value is -1.50. The summed E-state index contributed by atoms with van der Waals surface area (Å²) in [6.45, 7) is 0. The summed E-state index contributed by atoms with van der Waals surface area (Å²) < 4.78 is 0. The third kappa shape index (κ3) is 3.00. The van der Waals surface area contributed by atoms with E-state index in [1.807, 2.05) is 17.5 Å². The molecule has 0 fully saturated rings. The van der Waals surface area contributed by atoms with Gasteiger partial charge in [0.1, 0.15) is 23.3 Å². The molecule has 2 heterocycles. The van der Waals surface area contributed by atoms with Crippen LogP contribution in [0.1, 0.15) is 10.9 Å². The zero-order valence-corrected chi connectivity index (χ0v) is 10.2. The number of carbonyl (C=O) groups is 1. The molecular weight excluding hydrogens is 260 g/mol. The Morgan fingerprint density at radius 2 is 2.35 bits per heavy atom. The van der Waals surface area contributed by atoms with Crippen molar-refractivity contribution < 1.29 is 4.79 Å². The van der Waals surface area contributed by atoms with Gasteiger partial charge in [-0.3, -0.25) is 4.79 Å². The summed E-state index contributed by atoms with van der Waals surface area (Å²) in [6, 6.07) is 4.40. The minimum atomic E-state index is -0.705. The lowest BCUT2D eigenvalue weighted by atomic mass is 10.2. The number of anilines is 1. The summed E-state index contributed by atoms with van der Waals surface area (Å²) >= 11 is 7.10. The number of hydrogen-bond acceptors (Lipinski definition) is 5. The number of halogens is 1. The quantitative estimate of drug-likeness (QED) is 0.832. The summed E-state index contributed by atoms with van der Waals surface area (Å²) in [6.07, 6.45) is 1.27. The number of hydrogen-bond donors (Lipinski definition) is 2. The first-order valence-corrected chi connectivity index (χ1v) is 6.00. The van der Waals surface area contributed by atoms with Crippen LogP contribution in [0.4, 0.5) is 5.82 Å². The smallest absolute Gasteiger partial charge is 0.247 e. The maximum Gasteiger partial charge on any atom is 0.247 e. The summed E-state index contributed by atoms with van der Waals surface area (Å²) in [7, 11) is 0. The second kappa shape index (κ2) is 5.22. The number of rotatable bonds is 3. The number of nitrogens with zero attached hydrogens (tertiary/aromatic N) is 2. The van der Waals surface area contributed by atoms with Crippen LogP contribution in [0, 0.1) is 0 Å². The first kappa shape index (κ1) is 12.0. The summed E-state index contributed by atoms with van der Waals surface area (Å²) in [5.41, 5.74) is 5.79. The van der Waals surface area contributed by atoms with Gasteiger partial charge in [0.2, 0.25) is 5.91 Å². The molecule has 1 amide bonds. The SMILES string of the molecule is NC(C(=O)Nc1cc(Cl)ncn1)c1cccs1. The predicted molar refractivity (Wildman–Crippen MR) is 66.9 cm³/mol. The molecule has 0 aliphatic heterocycles. The van der Waals surface area contributed by atoms with E-state index in [1.165, 1.54) is 23.7 Å². The Morgan fingerprint density at radius 1 is 1.53 bits per heavy atom. The van der Waals surface area contributed by atoms with Gasteiger partial charge in [-0.05, 0) is 11.4 Å². The van der Waals surface area contributed by atoms with Crippen molar-refractivity contribution in [1.82, 2.24) is 9.97 Å². The van der Waals surface area contributed by atoms with Crippen molar-refractivity contribution in [2.24, 2.45) is 5.73 Å². The van der Waals surface area contributed by atoms with Crippen molar-refractivity contribution in [3.8, 4) is 0 Å². The first-order valence-electron chi connectivity index (χ1n) is 4.74. The van der Waals surface area contributed by atoms with Crippen LogP contribution < -0.4 is 11.1 Å². The standard InChI is InChI=1S/C10H9ClN4OS/c11-7-4-8(14-5-13-7)15-10(16)9(12)6-2-1-3-17-6/h1-5,9H,12H2,(H,13,14,15,16). The van der Waals surface area contributed by atoms with E-state index >= 15 is 0 Å². The number of amides is 1. The second-order valence-electron chi connectivity index (χ2n) is 3.21. The zero-order valence-electron chi connectivity index (χ0n) is 8.63. The van der Waals surface area contributed by atoms with E-state index in [9.17, 15) is 4.79 Å². The van der Waals surface area contributed by atoms with Crippen molar-refractivity contribution >= 4 is 34.7 Å². The number of thiophene rings is 1. The Balaban J connectivity index is 2.07. The lowest BCUT2D eigenvalue weighted by molar-refractivity contribution is -0.117. The topological polar surface area (TPSA) is 80.9 Å². The Morgan fingerprint density at radius 3 is 3.00 bits per heavy atom. The molecule has 0 aromatic carbocycles.